The van der Waals surface area contributed by atoms with Gasteiger partial charge in [-0.2, -0.15) is 0 Å². The van der Waals surface area contributed by atoms with E-state index in [4.69, 9.17) is 4.74 Å². The first-order chi connectivity index (χ1) is 13.1. The summed E-state index contributed by atoms with van der Waals surface area (Å²) in [6, 6.07) is 17.2. The van der Waals surface area contributed by atoms with Crippen LogP contribution in [0.25, 0.3) is 0 Å². The largest absolute Gasteiger partial charge is 0.378 e. The molecule has 0 radical (unpaired) electrons. The van der Waals surface area contributed by atoms with Crippen LogP contribution in [0.5, 0.6) is 0 Å². The predicted octanol–water partition coefficient (Wildman–Crippen LogP) is 3.42. The number of carbonyl (C=O) groups is 2. The molecule has 142 valence electrons. The highest BCUT2D eigenvalue weighted by Crippen LogP contribution is 2.20. The van der Waals surface area contributed by atoms with E-state index in [9.17, 15) is 9.59 Å². The normalized spacial score (nSPS) is 15.2. The molecule has 2 aromatic carbocycles. The molecule has 5 nitrogen and oxygen atoms in total. The van der Waals surface area contributed by atoms with Gasteiger partial charge in [-0.1, -0.05) is 36.4 Å². The van der Waals surface area contributed by atoms with Crippen LogP contribution in [0.2, 0.25) is 0 Å². The molecular formula is C21H24N2O3S. The van der Waals surface area contributed by atoms with Gasteiger partial charge in [0.2, 0.25) is 5.91 Å². The maximum absolute atomic E-state index is 12.6. The molecule has 0 aromatic heterocycles. The third-order valence-electron chi connectivity index (χ3n) is 4.39. The van der Waals surface area contributed by atoms with Gasteiger partial charge in [-0.15, -0.1) is 11.8 Å². The Morgan fingerprint density at radius 3 is 2.59 bits per heavy atom. The minimum absolute atomic E-state index is 0.0269. The standard InChI is InChI=1S/C21H24N2O3S/c1-16(27-15-17-6-3-2-4-7-17)20(24)22-19-9-5-8-18(14-19)21(25)23-10-12-26-13-11-23/h2-9,14,16H,10-13,15H2,1H3,(H,22,24). The number of nitrogens with one attached hydrogen (secondary N) is 1. The summed E-state index contributed by atoms with van der Waals surface area (Å²) in [5.74, 6) is 0.693. The van der Waals surface area contributed by atoms with Gasteiger partial charge in [0, 0.05) is 30.1 Å². The monoisotopic (exact) mass is 384 g/mol. The summed E-state index contributed by atoms with van der Waals surface area (Å²) in [5.41, 5.74) is 2.42. The van der Waals surface area contributed by atoms with Crippen LogP contribution in [-0.4, -0.2) is 48.3 Å². The molecule has 6 heteroatoms. The zero-order valence-corrected chi connectivity index (χ0v) is 16.2. The Kier molecular flexibility index (Phi) is 6.90. The van der Waals surface area contributed by atoms with E-state index in [0.29, 0.717) is 37.6 Å². The minimum Gasteiger partial charge on any atom is -0.378 e. The minimum atomic E-state index is -0.191. The molecule has 1 heterocycles. The summed E-state index contributed by atoms with van der Waals surface area (Å²) < 4.78 is 5.29. The van der Waals surface area contributed by atoms with Crippen molar-refractivity contribution < 1.29 is 14.3 Å². The van der Waals surface area contributed by atoms with Crippen LogP contribution in [0.15, 0.2) is 54.6 Å². The molecule has 0 saturated carbocycles. The van der Waals surface area contributed by atoms with Crippen molar-refractivity contribution in [1.29, 1.82) is 0 Å². The first-order valence-corrected chi connectivity index (χ1v) is 10.1. The van der Waals surface area contributed by atoms with E-state index >= 15 is 0 Å². The number of amides is 2. The molecule has 1 fully saturated rings. The van der Waals surface area contributed by atoms with Crippen LogP contribution in [0.3, 0.4) is 0 Å². The average molecular weight is 385 g/mol. The van der Waals surface area contributed by atoms with E-state index in [0.717, 1.165) is 5.75 Å². The molecule has 0 aliphatic carbocycles. The second-order valence-corrected chi connectivity index (χ2v) is 7.74. The molecule has 1 aliphatic heterocycles. The molecule has 1 atom stereocenters. The van der Waals surface area contributed by atoms with Gasteiger partial charge in [-0.05, 0) is 30.7 Å². The quantitative estimate of drug-likeness (QED) is 0.829. The van der Waals surface area contributed by atoms with Crippen molar-refractivity contribution in [3.63, 3.8) is 0 Å². The highest BCUT2D eigenvalue weighted by molar-refractivity contribution is 7.99. The number of anilines is 1. The number of thioether (sulfide) groups is 1. The van der Waals surface area contributed by atoms with E-state index in [-0.39, 0.29) is 17.1 Å². The van der Waals surface area contributed by atoms with Gasteiger partial charge < -0.3 is 15.0 Å². The smallest absolute Gasteiger partial charge is 0.254 e. The molecule has 27 heavy (non-hydrogen) atoms. The number of carbonyl (C=O) groups excluding carboxylic acids is 2. The van der Waals surface area contributed by atoms with Gasteiger partial charge in [-0.3, -0.25) is 9.59 Å². The van der Waals surface area contributed by atoms with E-state index in [2.05, 4.69) is 17.4 Å². The number of rotatable bonds is 6. The number of hydrogen-bond donors (Lipinski definition) is 1. The number of hydrogen-bond acceptors (Lipinski definition) is 4. The molecule has 2 amide bonds. The Morgan fingerprint density at radius 2 is 1.85 bits per heavy atom. The summed E-state index contributed by atoms with van der Waals surface area (Å²) in [6.07, 6.45) is 0. The lowest BCUT2D eigenvalue weighted by Gasteiger charge is -2.27. The Labute approximate surface area is 164 Å². The third-order valence-corrected chi connectivity index (χ3v) is 5.60. The topological polar surface area (TPSA) is 58.6 Å². The van der Waals surface area contributed by atoms with Gasteiger partial charge in [0.1, 0.15) is 0 Å². The lowest BCUT2D eigenvalue weighted by molar-refractivity contribution is -0.115. The Hall–Kier alpha value is -2.31. The molecule has 1 unspecified atom stereocenters. The summed E-state index contributed by atoms with van der Waals surface area (Å²) >= 11 is 1.59. The van der Waals surface area contributed by atoms with Crippen LogP contribution in [-0.2, 0) is 15.3 Å². The maximum Gasteiger partial charge on any atom is 0.254 e. The van der Waals surface area contributed by atoms with Gasteiger partial charge in [0.25, 0.3) is 5.91 Å². The fraction of sp³-hybridized carbons (Fsp3) is 0.333. The van der Waals surface area contributed by atoms with Gasteiger partial charge in [0.15, 0.2) is 0 Å². The van der Waals surface area contributed by atoms with E-state index in [1.54, 1.807) is 34.9 Å². The zero-order valence-electron chi connectivity index (χ0n) is 15.4. The predicted molar refractivity (Wildman–Crippen MR) is 109 cm³/mol. The fourth-order valence-corrected chi connectivity index (χ4v) is 3.64. The van der Waals surface area contributed by atoms with Crippen molar-refractivity contribution in [2.24, 2.45) is 0 Å². The van der Waals surface area contributed by atoms with Crippen LogP contribution in [0.4, 0.5) is 5.69 Å². The van der Waals surface area contributed by atoms with Crippen LogP contribution >= 0.6 is 11.8 Å². The van der Waals surface area contributed by atoms with Crippen molar-refractivity contribution in [1.82, 2.24) is 4.90 Å². The van der Waals surface area contributed by atoms with Gasteiger partial charge >= 0.3 is 0 Å². The Morgan fingerprint density at radius 1 is 1.11 bits per heavy atom. The van der Waals surface area contributed by atoms with E-state index < -0.39 is 0 Å². The van der Waals surface area contributed by atoms with Crippen LogP contribution in [0.1, 0.15) is 22.8 Å². The summed E-state index contributed by atoms with van der Waals surface area (Å²) in [6.45, 7) is 4.23. The molecule has 1 aliphatic rings. The van der Waals surface area contributed by atoms with Crippen molar-refractivity contribution in [3.8, 4) is 0 Å². The second kappa shape index (κ2) is 9.58. The van der Waals surface area contributed by atoms with Crippen molar-refractivity contribution in [3.05, 3.63) is 65.7 Å². The van der Waals surface area contributed by atoms with Crippen molar-refractivity contribution >= 4 is 29.3 Å². The average Bonchev–Trinajstić information content (AvgIpc) is 2.73. The summed E-state index contributed by atoms with van der Waals surface area (Å²) in [7, 11) is 0. The lowest BCUT2D eigenvalue weighted by atomic mass is 10.1. The number of benzene rings is 2. The molecule has 0 bridgehead atoms. The molecule has 3 rings (SSSR count). The van der Waals surface area contributed by atoms with Crippen LogP contribution < -0.4 is 5.32 Å². The second-order valence-electron chi connectivity index (χ2n) is 6.41. The zero-order chi connectivity index (χ0) is 19.1. The first kappa shape index (κ1) is 19.5. The SMILES string of the molecule is CC(SCc1ccccc1)C(=O)Nc1cccc(C(=O)N2CCOCC2)c1. The molecule has 0 spiro atoms. The summed E-state index contributed by atoms with van der Waals surface area (Å²) in [5, 5.41) is 2.73. The van der Waals surface area contributed by atoms with Gasteiger partial charge in [-0.25, -0.2) is 0 Å². The van der Waals surface area contributed by atoms with E-state index in [1.165, 1.54) is 5.56 Å². The number of nitrogens with zero attached hydrogens (tertiary/aromatic N) is 1. The molecule has 1 saturated heterocycles. The van der Waals surface area contributed by atoms with Crippen LogP contribution in [0, 0.1) is 0 Å². The molecule has 1 N–H and O–H groups in total. The highest BCUT2D eigenvalue weighted by atomic mass is 32.2. The van der Waals surface area contributed by atoms with Gasteiger partial charge in [0.05, 0.1) is 18.5 Å². The summed E-state index contributed by atoms with van der Waals surface area (Å²) in [4.78, 5) is 26.8. The number of morpholine rings is 1. The van der Waals surface area contributed by atoms with Crippen molar-refractivity contribution in [2.45, 2.75) is 17.9 Å². The lowest BCUT2D eigenvalue weighted by Crippen LogP contribution is -2.40. The van der Waals surface area contributed by atoms with Crippen molar-refractivity contribution in [2.75, 3.05) is 31.6 Å². The number of ether oxygens (including phenoxy) is 1. The Balaban J connectivity index is 1.56. The Bertz CT molecular complexity index is 776. The molecule has 2 aromatic rings. The molecular weight excluding hydrogens is 360 g/mol. The van der Waals surface area contributed by atoms with E-state index in [1.807, 2.05) is 31.2 Å². The first-order valence-electron chi connectivity index (χ1n) is 9.07. The highest BCUT2D eigenvalue weighted by Gasteiger charge is 2.19. The third kappa shape index (κ3) is 5.58. The fourth-order valence-electron chi connectivity index (χ4n) is 2.79. The maximum atomic E-state index is 12.6.